The van der Waals surface area contributed by atoms with Gasteiger partial charge in [0.2, 0.25) is 0 Å². The predicted octanol–water partition coefficient (Wildman–Crippen LogP) is 2.29. The zero-order chi connectivity index (χ0) is 10.2. The monoisotopic (exact) mass is 188 g/mol. The van der Waals surface area contributed by atoms with Gasteiger partial charge in [0.15, 0.2) is 5.60 Å². The second kappa shape index (κ2) is 3.20. The molecule has 0 saturated heterocycles. The zero-order valence-electron chi connectivity index (χ0n) is 7.11. The van der Waals surface area contributed by atoms with Crippen LogP contribution in [-0.4, -0.2) is 23.6 Å². The molecular weight excluding hydrogens is 176 g/mol. The Kier molecular flexibility index (Phi) is 3.12. The summed E-state index contributed by atoms with van der Waals surface area (Å²) in [5.74, 6) is 0. The van der Waals surface area contributed by atoms with E-state index in [4.69, 9.17) is 5.11 Å². The molecule has 5 heteroatoms. The van der Waals surface area contributed by atoms with Crippen molar-refractivity contribution in [1.29, 1.82) is 0 Å². The van der Waals surface area contributed by atoms with Gasteiger partial charge in [-0.3, -0.25) is 0 Å². The van der Waals surface area contributed by atoms with Crippen molar-refractivity contribution in [3.8, 4) is 0 Å². The van der Waals surface area contributed by atoms with Crippen molar-refractivity contribution in [2.24, 2.45) is 5.41 Å². The minimum Gasteiger partial charge on any atom is -0.378 e. The molecule has 0 aromatic carbocycles. The van der Waals surface area contributed by atoms with Gasteiger partial charge in [0.05, 0.1) is 0 Å². The molecule has 0 radical (unpaired) electrons. The van der Waals surface area contributed by atoms with E-state index in [2.05, 4.69) is 0 Å². The summed E-state index contributed by atoms with van der Waals surface area (Å²) in [6.07, 6.45) is -6.89. The predicted molar refractivity (Wildman–Crippen MR) is 36.4 cm³/mol. The van der Waals surface area contributed by atoms with Crippen molar-refractivity contribution in [1.82, 2.24) is 0 Å². The average Bonchev–Trinajstić information content (AvgIpc) is 1.82. The number of aliphatic hydroxyl groups is 1. The Morgan fingerprint density at radius 2 is 1.17 bits per heavy atom. The van der Waals surface area contributed by atoms with Crippen molar-refractivity contribution < 1.29 is 22.7 Å². The van der Waals surface area contributed by atoms with Gasteiger partial charge >= 0.3 is 0 Å². The van der Waals surface area contributed by atoms with Gasteiger partial charge in [0, 0.05) is 5.41 Å². The highest BCUT2D eigenvalue weighted by Crippen LogP contribution is 2.39. The van der Waals surface area contributed by atoms with Crippen LogP contribution in [0.5, 0.6) is 0 Å². The van der Waals surface area contributed by atoms with Gasteiger partial charge in [0.25, 0.3) is 12.9 Å². The molecule has 0 rings (SSSR count). The van der Waals surface area contributed by atoms with Gasteiger partial charge in [-0.2, -0.15) is 0 Å². The lowest BCUT2D eigenvalue weighted by molar-refractivity contribution is -0.227. The number of hydrogen-bond acceptors (Lipinski definition) is 1. The number of hydrogen-bond donors (Lipinski definition) is 1. The topological polar surface area (TPSA) is 20.2 Å². The van der Waals surface area contributed by atoms with E-state index >= 15 is 0 Å². The smallest absolute Gasteiger partial charge is 0.273 e. The van der Waals surface area contributed by atoms with Crippen molar-refractivity contribution in [3.63, 3.8) is 0 Å². The molecule has 1 N–H and O–H groups in total. The summed E-state index contributed by atoms with van der Waals surface area (Å²) in [5, 5.41) is 9.00. The molecule has 0 spiro atoms. The fourth-order valence-corrected chi connectivity index (χ4v) is 0.750. The lowest BCUT2D eigenvalue weighted by atomic mass is 9.77. The first kappa shape index (κ1) is 11.7. The third-order valence-corrected chi connectivity index (χ3v) is 1.87. The van der Waals surface area contributed by atoms with E-state index < -0.39 is 23.9 Å². The average molecular weight is 188 g/mol. The van der Waals surface area contributed by atoms with Gasteiger partial charge in [-0.05, 0) is 0 Å². The number of alkyl halides is 4. The summed E-state index contributed by atoms with van der Waals surface area (Å²) in [5.41, 5.74) is -4.78. The molecule has 0 bridgehead atoms. The van der Waals surface area contributed by atoms with E-state index in [1.54, 1.807) is 0 Å². The Labute approximate surface area is 68.4 Å². The molecule has 0 atom stereocenters. The minimum absolute atomic E-state index is 1.14. The Balaban J connectivity index is 4.89. The van der Waals surface area contributed by atoms with E-state index in [-0.39, 0.29) is 0 Å². The van der Waals surface area contributed by atoms with Crippen LogP contribution in [0, 0.1) is 5.41 Å². The van der Waals surface area contributed by atoms with Crippen LogP contribution in [0.4, 0.5) is 17.6 Å². The van der Waals surface area contributed by atoms with Crippen molar-refractivity contribution in [3.05, 3.63) is 0 Å². The molecule has 0 heterocycles. The number of rotatable bonds is 2. The molecule has 0 fully saturated rings. The van der Waals surface area contributed by atoms with Crippen LogP contribution in [0.3, 0.4) is 0 Å². The molecule has 12 heavy (non-hydrogen) atoms. The largest absolute Gasteiger partial charge is 0.378 e. The molecular formula is C7H12F4O. The second-order valence-corrected chi connectivity index (χ2v) is 3.68. The Morgan fingerprint density at radius 3 is 1.17 bits per heavy atom. The van der Waals surface area contributed by atoms with Gasteiger partial charge < -0.3 is 5.11 Å². The Hall–Kier alpha value is -0.320. The van der Waals surface area contributed by atoms with Crippen LogP contribution in [0.1, 0.15) is 20.8 Å². The van der Waals surface area contributed by atoms with Crippen LogP contribution in [0.2, 0.25) is 0 Å². The van der Waals surface area contributed by atoms with Crippen LogP contribution in [0.25, 0.3) is 0 Å². The molecule has 1 nitrogen and oxygen atoms in total. The summed E-state index contributed by atoms with van der Waals surface area (Å²) in [7, 11) is 0. The molecule has 0 saturated carbocycles. The summed E-state index contributed by atoms with van der Waals surface area (Å²) in [6.45, 7) is 3.43. The zero-order valence-corrected chi connectivity index (χ0v) is 7.11. The maximum absolute atomic E-state index is 12.1. The van der Waals surface area contributed by atoms with E-state index in [1.165, 1.54) is 0 Å². The molecule has 0 aliphatic carbocycles. The van der Waals surface area contributed by atoms with Crippen LogP contribution < -0.4 is 0 Å². The van der Waals surface area contributed by atoms with Gasteiger partial charge in [-0.25, -0.2) is 17.6 Å². The summed E-state index contributed by atoms with van der Waals surface area (Å²) < 4.78 is 48.4. The van der Waals surface area contributed by atoms with E-state index in [9.17, 15) is 17.6 Å². The second-order valence-electron chi connectivity index (χ2n) is 3.68. The highest BCUT2D eigenvalue weighted by molar-refractivity contribution is 4.95. The molecule has 0 aromatic rings. The summed E-state index contributed by atoms with van der Waals surface area (Å²) in [4.78, 5) is 0. The van der Waals surface area contributed by atoms with E-state index in [0.717, 1.165) is 20.8 Å². The van der Waals surface area contributed by atoms with Crippen molar-refractivity contribution in [2.75, 3.05) is 0 Å². The number of halogens is 4. The Morgan fingerprint density at radius 1 is 0.917 bits per heavy atom. The lowest BCUT2D eigenvalue weighted by Crippen LogP contribution is -2.54. The standard InChI is InChI=1S/C7H12F4O/c1-6(2,3)7(12,4(8)9)5(10)11/h4-5,12H,1-3H3. The molecule has 0 amide bonds. The molecule has 0 aromatic heterocycles. The first-order chi connectivity index (χ1) is 5.14. The lowest BCUT2D eigenvalue weighted by Gasteiger charge is -2.38. The normalized spacial score (nSPS) is 14.5. The van der Waals surface area contributed by atoms with E-state index in [1.807, 2.05) is 0 Å². The quantitative estimate of drug-likeness (QED) is 0.659. The minimum atomic E-state index is -3.45. The maximum Gasteiger partial charge on any atom is 0.273 e. The third kappa shape index (κ3) is 1.71. The summed E-state index contributed by atoms with van der Waals surface area (Å²) >= 11 is 0. The van der Waals surface area contributed by atoms with Crippen LogP contribution in [-0.2, 0) is 0 Å². The molecule has 0 aliphatic heterocycles. The van der Waals surface area contributed by atoms with Crippen LogP contribution >= 0.6 is 0 Å². The molecule has 0 aliphatic rings. The maximum atomic E-state index is 12.1. The molecule has 0 unspecified atom stereocenters. The highest BCUT2D eigenvalue weighted by atomic mass is 19.3. The fraction of sp³-hybridized carbons (Fsp3) is 1.00. The van der Waals surface area contributed by atoms with Crippen molar-refractivity contribution in [2.45, 2.75) is 39.2 Å². The first-order valence-corrected chi connectivity index (χ1v) is 3.42. The van der Waals surface area contributed by atoms with Crippen molar-refractivity contribution >= 4 is 0 Å². The van der Waals surface area contributed by atoms with Gasteiger partial charge in [-0.1, -0.05) is 20.8 Å². The highest BCUT2D eigenvalue weighted by Gasteiger charge is 2.55. The first-order valence-electron chi connectivity index (χ1n) is 3.42. The van der Waals surface area contributed by atoms with E-state index in [0.29, 0.717) is 0 Å². The molecule has 74 valence electrons. The van der Waals surface area contributed by atoms with Crippen LogP contribution in [0.15, 0.2) is 0 Å². The summed E-state index contributed by atoms with van der Waals surface area (Å²) in [6, 6.07) is 0. The SMILES string of the molecule is CC(C)(C)C(O)(C(F)F)C(F)F. The fourth-order valence-electron chi connectivity index (χ4n) is 0.750. The third-order valence-electron chi connectivity index (χ3n) is 1.87. The van der Waals surface area contributed by atoms with Gasteiger partial charge in [0.1, 0.15) is 0 Å². The van der Waals surface area contributed by atoms with Gasteiger partial charge in [-0.15, -0.1) is 0 Å². The Bertz CT molecular complexity index is 142.